The van der Waals surface area contributed by atoms with Crippen LogP contribution in [0.3, 0.4) is 0 Å². The van der Waals surface area contributed by atoms with Gasteiger partial charge in [0.25, 0.3) is 0 Å². The van der Waals surface area contributed by atoms with E-state index in [2.05, 4.69) is 56.9 Å². The minimum atomic E-state index is -0.716. The van der Waals surface area contributed by atoms with Crippen molar-refractivity contribution in [1.29, 1.82) is 0 Å². The molecule has 4 aromatic carbocycles. The van der Waals surface area contributed by atoms with Crippen LogP contribution < -0.4 is 0 Å². The molecule has 0 aliphatic rings. The van der Waals surface area contributed by atoms with Gasteiger partial charge in [0.1, 0.15) is 11.1 Å². The zero-order chi connectivity index (χ0) is 22.8. The number of hydrogen-bond donors (Lipinski definition) is 0. The molecule has 0 aliphatic carbocycles. The lowest BCUT2D eigenvalue weighted by atomic mass is 9.76. The van der Waals surface area contributed by atoms with Crippen LogP contribution in [0.15, 0.2) is 114 Å². The average Bonchev–Trinajstić information content (AvgIpc) is 3.29. The van der Waals surface area contributed by atoms with Crippen molar-refractivity contribution in [1.82, 2.24) is 9.55 Å². The van der Waals surface area contributed by atoms with E-state index in [1.807, 2.05) is 67.0 Å². The number of nitrogens with zero attached hydrogens (tertiary/aromatic N) is 2. The maximum Gasteiger partial charge on any atom is 0.340 e. The Morgan fingerprint density at radius 1 is 0.818 bits per heavy atom. The van der Waals surface area contributed by atoms with E-state index in [4.69, 9.17) is 9.72 Å². The Bertz CT molecular complexity index is 1320. The summed E-state index contributed by atoms with van der Waals surface area (Å²) >= 11 is 3.59. The topological polar surface area (TPSA) is 44.1 Å². The molecule has 0 fully saturated rings. The molecule has 0 radical (unpaired) electrons. The van der Waals surface area contributed by atoms with Gasteiger partial charge in [0.05, 0.1) is 24.5 Å². The summed E-state index contributed by atoms with van der Waals surface area (Å²) in [6.45, 7) is 0. The highest BCUT2D eigenvalue weighted by Crippen LogP contribution is 2.43. The second-order valence-corrected chi connectivity index (χ2v) is 8.65. The smallest absolute Gasteiger partial charge is 0.340 e. The molecule has 1 heterocycles. The molecular weight excluding hydrogens is 476 g/mol. The number of halogens is 1. The Balaban J connectivity index is 1.96. The molecule has 0 saturated heterocycles. The predicted octanol–water partition coefficient (Wildman–Crippen LogP) is 6.43. The van der Waals surface area contributed by atoms with Gasteiger partial charge in [-0.05, 0) is 28.8 Å². The van der Waals surface area contributed by atoms with Crippen molar-refractivity contribution < 1.29 is 9.53 Å². The number of hydrogen-bond acceptors (Lipinski definition) is 3. The Labute approximate surface area is 200 Å². The van der Waals surface area contributed by atoms with Crippen LogP contribution >= 0.6 is 15.9 Å². The summed E-state index contributed by atoms with van der Waals surface area (Å²) in [5, 5.41) is 0. The number of methoxy groups -OCH3 is 1. The van der Waals surface area contributed by atoms with Gasteiger partial charge in [-0.1, -0.05) is 107 Å². The Morgan fingerprint density at radius 3 is 1.76 bits per heavy atom. The minimum absolute atomic E-state index is 0.420. The number of fused-ring (bicyclic) bond motifs is 1. The third-order valence-corrected chi connectivity index (χ3v) is 6.42. The molecule has 0 bridgehead atoms. The largest absolute Gasteiger partial charge is 0.465 e. The van der Waals surface area contributed by atoms with Crippen LogP contribution in [0.4, 0.5) is 0 Å². The normalized spacial score (nSPS) is 11.5. The maximum absolute atomic E-state index is 12.6. The monoisotopic (exact) mass is 496 g/mol. The van der Waals surface area contributed by atoms with Gasteiger partial charge in [-0.25, -0.2) is 9.78 Å². The van der Waals surface area contributed by atoms with E-state index >= 15 is 0 Å². The lowest BCUT2D eigenvalue weighted by molar-refractivity contribution is 0.0602. The number of imidazole rings is 1. The van der Waals surface area contributed by atoms with Crippen molar-refractivity contribution in [3.05, 3.63) is 136 Å². The maximum atomic E-state index is 12.6. The molecule has 162 valence electrons. The number of carbonyl (C=O) groups excluding carboxylic acids is 1. The van der Waals surface area contributed by atoms with Crippen LogP contribution in [-0.4, -0.2) is 22.6 Å². The van der Waals surface area contributed by atoms with Gasteiger partial charge in [-0.3, -0.25) is 0 Å². The number of benzene rings is 4. The molecule has 1 aromatic heterocycles. The first-order valence-electron chi connectivity index (χ1n) is 10.6. The van der Waals surface area contributed by atoms with Crippen molar-refractivity contribution >= 4 is 32.9 Å². The predicted molar refractivity (Wildman–Crippen MR) is 133 cm³/mol. The lowest BCUT2D eigenvalue weighted by Crippen LogP contribution is -2.37. The van der Waals surface area contributed by atoms with Gasteiger partial charge in [0.2, 0.25) is 0 Å². The van der Waals surface area contributed by atoms with E-state index in [0.29, 0.717) is 11.1 Å². The molecule has 0 amide bonds. The quantitative estimate of drug-likeness (QED) is 0.208. The van der Waals surface area contributed by atoms with Crippen molar-refractivity contribution in [2.24, 2.45) is 0 Å². The number of carbonyl (C=O) groups is 1. The third-order valence-electron chi connectivity index (χ3n) is 5.96. The second-order valence-electron chi connectivity index (χ2n) is 7.74. The van der Waals surface area contributed by atoms with Crippen LogP contribution in [0, 0.1) is 0 Å². The fourth-order valence-corrected chi connectivity index (χ4v) is 5.02. The van der Waals surface area contributed by atoms with Crippen LogP contribution in [0.1, 0.15) is 27.0 Å². The first kappa shape index (κ1) is 21.2. The molecule has 0 aliphatic heterocycles. The summed E-state index contributed by atoms with van der Waals surface area (Å²) in [5.74, 6) is -0.420. The number of aromatic nitrogens is 2. The highest BCUT2D eigenvalue weighted by atomic mass is 79.9. The van der Waals surface area contributed by atoms with Gasteiger partial charge in [0.15, 0.2) is 0 Å². The summed E-state index contributed by atoms with van der Waals surface area (Å²) in [4.78, 5) is 17.3. The summed E-state index contributed by atoms with van der Waals surface area (Å²) in [6.07, 6.45) is 1.82. The van der Waals surface area contributed by atoms with E-state index < -0.39 is 11.5 Å². The van der Waals surface area contributed by atoms with Gasteiger partial charge >= 0.3 is 5.97 Å². The zero-order valence-electron chi connectivity index (χ0n) is 18.0. The van der Waals surface area contributed by atoms with Gasteiger partial charge in [-0.15, -0.1) is 0 Å². The van der Waals surface area contributed by atoms with Gasteiger partial charge < -0.3 is 9.30 Å². The number of ether oxygens (including phenoxy) is 1. The van der Waals surface area contributed by atoms with E-state index in [0.717, 1.165) is 26.7 Å². The van der Waals surface area contributed by atoms with Gasteiger partial charge in [0, 0.05) is 4.47 Å². The fraction of sp³-hybridized carbons (Fsp3) is 0.0714. The molecule has 0 atom stereocenters. The highest BCUT2D eigenvalue weighted by Gasteiger charge is 2.39. The average molecular weight is 497 g/mol. The van der Waals surface area contributed by atoms with Crippen LogP contribution in [0.5, 0.6) is 0 Å². The molecule has 33 heavy (non-hydrogen) atoms. The first-order valence-corrected chi connectivity index (χ1v) is 11.4. The van der Waals surface area contributed by atoms with E-state index in [1.165, 1.54) is 7.11 Å². The molecule has 5 heteroatoms. The molecule has 0 saturated carbocycles. The van der Waals surface area contributed by atoms with Gasteiger partial charge in [-0.2, -0.15) is 0 Å². The van der Waals surface area contributed by atoms with Crippen LogP contribution in [-0.2, 0) is 10.3 Å². The Hall–Kier alpha value is -3.70. The minimum Gasteiger partial charge on any atom is -0.465 e. The fourth-order valence-electron chi connectivity index (χ4n) is 4.57. The van der Waals surface area contributed by atoms with E-state index in [1.54, 1.807) is 6.07 Å². The zero-order valence-corrected chi connectivity index (χ0v) is 19.6. The van der Waals surface area contributed by atoms with Crippen molar-refractivity contribution in [3.8, 4) is 0 Å². The Kier molecular flexibility index (Phi) is 5.56. The third kappa shape index (κ3) is 3.45. The standard InChI is InChI=1S/C28H21BrN2O2/c1-33-27(32)24-17-23(29)18-25-26(24)30-19-31(25)28(20-11-5-2-6-12-20,21-13-7-3-8-14-21)22-15-9-4-10-16-22/h2-19H,1H3. The summed E-state index contributed by atoms with van der Waals surface area (Å²) in [7, 11) is 1.38. The van der Waals surface area contributed by atoms with E-state index in [9.17, 15) is 4.79 Å². The molecule has 0 unspecified atom stereocenters. The van der Waals surface area contributed by atoms with E-state index in [-0.39, 0.29) is 0 Å². The lowest BCUT2D eigenvalue weighted by Gasteiger charge is -2.38. The molecule has 5 rings (SSSR count). The van der Waals surface area contributed by atoms with Crippen molar-refractivity contribution in [2.75, 3.05) is 7.11 Å². The summed E-state index contributed by atoms with van der Waals surface area (Å²) in [5.41, 5.74) is 4.37. The van der Waals surface area contributed by atoms with Crippen molar-refractivity contribution in [2.45, 2.75) is 5.54 Å². The highest BCUT2D eigenvalue weighted by molar-refractivity contribution is 9.10. The number of esters is 1. The number of rotatable bonds is 5. The molecule has 0 spiro atoms. The first-order chi connectivity index (χ1) is 16.2. The molecule has 4 nitrogen and oxygen atoms in total. The summed E-state index contributed by atoms with van der Waals surface area (Å²) in [6, 6.07) is 34.9. The second kappa shape index (κ2) is 8.68. The van der Waals surface area contributed by atoms with Crippen LogP contribution in [0.2, 0.25) is 0 Å². The SMILES string of the molecule is COC(=O)c1cc(Br)cc2c1ncn2C(c1ccccc1)(c1ccccc1)c1ccccc1. The van der Waals surface area contributed by atoms with Crippen molar-refractivity contribution in [3.63, 3.8) is 0 Å². The Morgan fingerprint density at radius 2 is 1.30 bits per heavy atom. The molecule has 0 N–H and O–H groups in total. The molecule has 5 aromatic rings. The molecular formula is C28H21BrN2O2. The van der Waals surface area contributed by atoms with Crippen LogP contribution in [0.25, 0.3) is 11.0 Å². The summed E-state index contributed by atoms with van der Waals surface area (Å²) < 4.78 is 7.97.